The van der Waals surface area contributed by atoms with Gasteiger partial charge >= 0.3 is 0 Å². The van der Waals surface area contributed by atoms with Crippen molar-refractivity contribution >= 4 is 21.7 Å². The van der Waals surface area contributed by atoms with Crippen LogP contribution >= 0.6 is 0 Å². The van der Waals surface area contributed by atoms with Crippen LogP contribution in [0.25, 0.3) is 0 Å². The van der Waals surface area contributed by atoms with Crippen LogP contribution in [0.1, 0.15) is 30.6 Å². The first-order chi connectivity index (χ1) is 11.6. The van der Waals surface area contributed by atoms with Crippen molar-refractivity contribution in [1.29, 1.82) is 0 Å². The minimum Gasteiger partial charge on any atom is -0.348 e. The second-order valence-corrected chi connectivity index (χ2v) is 8.60. The summed E-state index contributed by atoms with van der Waals surface area (Å²) in [6, 6.07) is 5.42. The molecule has 1 unspecified atom stereocenters. The topological polar surface area (TPSA) is 110 Å². The maximum absolute atomic E-state index is 12.2. The van der Waals surface area contributed by atoms with E-state index >= 15 is 0 Å². The van der Waals surface area contributed by atoms with E-state index in [-0.39, 0.29) is 16.8 Å². The summed E-state index contributed by atoms with van der Waals surface area (Å²) >= 11 is 0. The Morgan fingerprint density at radius 2 is 1.72 bits per heavy atom. The van der Waals surface area contributed by atoms with E-state index in [0.717, 1.165) is 6.42 Å². The van der Waals surface area contributed by atoms with Gasteiger partial charge in [0, 0.05) is 32.2 Å². The Morgan fingerprint density at radius 3 is 2.16 bits per heavy atom. The zero-order chi connectivity index (χ0) is 19.2. The highest BCUT2D eigenvalue weighted by atomic mass is 32.2. The van der Waals surface area contributed by atoms with E-state index in [1.165, 1.54) is 43.3 Å². The first-order valence-electron chi connectivity index (χ1n) is 8.10. The molecule has 1 rings (SSSR count). The molecule has 0 saturated heterocycles. The fourth-order valence-electron chi connectivity index (χ4n) is 2.24. The molecule has 0 aliphatic rings. The second kappa shape index (κ2) is 8.96. The molecule has 1 aromatic carbocycles. The van der Waals surface area contributed by atoms with Crippen LogP contribution in [-0.4, -0.2) is 57.6 Å². The number of hydrogen-bond acceptors (Lipinski definition) is 5. The molecule has 0 radical (unpaired) electrons. The second-order valence-electron chi connectivity index (χ2n) is 6.61. The molecule has 0 heterocycles. The molecule has 2 amide bonds. The largest absolute Gasteiger partial charge is 0.348 e. The van der Waals surface area contributed by atoms with Gasteiger partial charge in [-0.05, 0) is 36.6 Å². The molecule has 0 aliphatic heterocycles. The summed E-state index contributed by atoms with van der Waals surface area (Å²) < 4.78 is 24.4. The van der Waals surface area contributed by atoms with Gasteiger partial charge in [0.15, 0.2) is 9.84 Å². The van der Waals surface area contributed by atoms with Crippen molar-refractivity contribution in [2.75, 3.05) is 26.4 Å². The van der Waals surface area contributed by atoms with Crippen LogP contribution in [-0.2, 0) is 14.6 Å². The highest BCUT2D eigenvalue weighted by molar-refractivity contribution is 7.92. The zero-order valence-electron chi connectivity index (χ0n) is 15.2. The number of carbonyl (C=O) groups is 2. The summed E-state index contributed by atoms with van der Waals surface area (Å²) in [5, 5.41) is 2.85. The lowest BCUT2D eigenvalue weighted by molar-refractivity contribution is -0.125. The third-order valence-electron chi connectivity index (χ3n) is 3.66. The number of nitrogens with zero attached hydrogens (tertiary/aromatic N) is 1. The number of rotatable bonds is 8. The van der Waals surface area contributed by atoms with Crippen LogP contribution in [0.2, 0.25) is 0 Å². The molecule has 0 fully saturated rings. The minimum absolute atomic E-state index is 0.0109. The summed E-state index contributed by atoms with van der Waals surface area (Å²) in [6.45, 7) is 4.43. The van der Waals surface area contributed by atoms with E-state index in [2.05, 4.69) is 5.32 Å². The van der Waals surface area contributed by atoms with Crippen LogP contribution in [0.4, 0.5) is 0 Å². The molecule has 0 saturated carbocycles. The van der Waals surface area contributed by atoms with Crippen LogP contribution in [0.15, 0.2) is 29.2 Å². The summed E-state index contributed by atoms with van der Waals surface area (Å²) in [5.74, 6) is -1.00. The Labute approximate surface area is 149 Å². The van der Waals surface area contributed by atoms with E-state index in [0.29, 0.717) is 18.0 Å². The number of amides is 2. The molecule has 0 bridgehead atoms. The maximum Gasteiger partial charge on any atom is 0.251 e. The Balaban J connectivity index is 2.84. The van der Waals surface area contributed by atoms with Crippen LogP contribution in [0.5, 0.6) is 0 Å². The van der Waals surface area contributed by atoms with Gasteiger partial charge in [0.2, 0.25) is 5.91 Å². The SMILES string of the molecule is CC(C)CC(CN)NC(=O)c1ccc(S(=O)(=O)CC(=O)N(C)C)cc1. The van der Waals surface area contributed by atoms with Crippen molar-refractivity contribution in [1.82, 2.24) is 10.2 Å². The number of nitrogens with one attached hydrogen (secondary N) is 1. The van der Waals surface area contributed by atoms with Crippen molar-refractivity contribution in [3.8, 4) is 0 Å². The highest BCUT2D eigenvalue weighted by Crippen LogP contribution is 2.14. The number of hydrogen-bond donors (Lipinski definition) is 2. The zero-order valence-corrected chi connectivity index (χ0v) is 16.0. The van der Waals surface area contributed by atoms with Gasteiger partial charge in [0.1, 0.15) is 5.75 Å². The first-order valence-corrected chi connectivity index (χ1v) is 9.76. The van der Waals surface area contributed by atoms with Crippen molar-refractivity contribution in [2.45, 2.75) is 31.2 Å². The van der Waals surface area contributed by atoms with Crippen molar-refractivity contribution in [3.63, 3.8) is 0 Å². The molecule has 0 aliphatic carbocycles. The molecule has 0 spiro atoms. The molecule has 3 N–H and O–H groups in total. The van der Waals surface area contributed by atoms with E-state index in [1.807, 2.05) is 13.8 Å². The monoisotopic (exact) mass is 369 g/mol. The number of sulfone groups is 1. The summed E-state index contributed by atoms with van der Waals surface area (Å²) in [6.07, 6.45) is 0.765. The van der Waals surface area contributed by atoms with Gasteiger partial charge < -0.3 is 16.0 Å². The first kappa shape index (κ1) is 21.1. The van der Waals surface area contributed by atoms with Crippen molar-refractivity contribution < 1.29 is 18.0 Å². The van der Waals surface area contributed by atoms with Crippen LogP contribution in [0, 0.1) is 5.92 Å². The number of carbonyl (C=O) groups excluding carboxylic acids is 2. The predicted molar refractivity (Wildman–Crippen MR) is 97.0 cm³/mol. The van der Waals surface area contributed by atoms with Crippen molar-refractivity contribution in [2.24, 2.45) is 11.7 Å². The molecule has 1 atom stereocenters. The van der Waals surface area contributed by atoms with Gasteiger partial charge in [0.05, 0.1) is 4.90 Å². The Kier molecular flexibility index (Phi) is 7.57. The van der Waals surface area contributed by atoms with Crippen LogP contribution < -0.4 is 11.1 Å². The van der Waals surface area contributed by atoms with E-state index in [1.54, 1.807) is 0 Å². The average molecular weight is 369 g/mol. The minimum atomic E-state index is -3.73. The highest BCUT2D eigenvalue weighted by Gasteiger charge is 2.21. The molecule has 140 valence electrons. The van der Waals surface area contributed by atoms with Crippen LogP contribution in [0.3, 0.4) is 0 Å². The predicted octanol–water partition coefficient (Wildman–Crippen LogP) is 0.652. The van der Waals surface area contributed by atoms with Gasteiger partial charge in [-0.2, -0.15) is 0 Å². The Hall–Kier alpha value is -1.93. The normalized spacial score (nSPS) is 12.7. The van der Waals surface area contributed by atoms with E-state index < -0.39 is 21.5 Å². The summed E-state index contributed by atoms with van der Waals surface area (Å²) in [4.78, 5) is 25.1. The molecule has 0 aromatic heterocycles. The molecule has 25 heavy (non-hydrogen) atoms. The average Bonchev–Trinajstić information content (AvgIpc) is 2.53. The van der Waals surface area contributed by atoms with Gasteiger partial charge in [-0.1, -0.05) is 13.8 Å². The summed E-state index contributed by atoms with van der Waals surface area (Å²) in [7, 11) is -0.741. The smallest absolute Gasteiger partial charge is 0.251 e. The molecule has 8 heteroatoms. The number of benzene rings is 1. The molecular weight excluding hydrogens is 342 g/mol. The van der Waals surface area contributed by atoms with E-state index in [4.69, 9.17) is 5.73 Å². The molecule has 1 aromatic rings. The fourth-order valence-corrected chi connectivity index (χ4v) is 3.54. The number of nitrogens with two attached hydrogens (primary N) is 1. The van der Waals surface area contributed by atoms with Gasteiger partial charge in [-0.25, -0.2) is 8.42 Å². The Bertz CT molecular complexity index is 697. The third kappa shape index (κ3) is 6.47. The fraction of sp³-hybridized carbons (Fsp3) is 0.529. The van der Waals surface area contributed by atoms with Gasteiger partial charge in [0.25, 0.3) is 5.91 Å². The summed E-state index contributed by atoms with van der Waals surface area (Å²) in [5.41, 5.74) is 6.02. The third-order valence-corrected chi connectivity index (χ3v) is 5.28. The Morgan fingerprint density at radius 1 is 1.16 bits per heavy atom. The lowest BCUT2D eigenvalue weighted by Crippen LogP contribution is -2.41. The lowest BCUT2D eigenvalue weighted by Gasteiger charge is -2.19. The molecular formula is C17H27N3O4S. The quantitative estimate of drug-likeness (QED) is 0.699. The van der Waals surface area contributed by atoms with Crippen molar-refractivity contribution in [3.05, 3.63) is 29.8 Å². The van der Waals surface area contributed by atoms with Gasteiger partial charge in [-0.3, -0.25) is 9.59 Å². The van der Waals surface area contributed by atoms with E-state index in [9.17, 15) is 18.0 Å². The maximum atomic E-state index is 12.2. The standard InChI is InChI=1S/C17H27N3O4S/c1-12(2)9-14(10-18)19-17(22)13-5-7-15(8-6-13)25(23,24)11-16(21)20(3)4/h5-8,12,14H,9-11,18H2,1-4H3,(H,19,22). The van der Waals surface area contributed by atoms with Gasteiger partial charge in [-0.15, -0.1) is 0 Å². The lowest BCUT2D eigenvalue weighted by atomic mass is 10.0. The molecule has 7 nitrogen and oxygen atoms in total.